The Kier molecular flexibility index (Phi) is 5.46. The zero-order valence-corrected chi connectivity index (χ0v) is 21.2. The van der Waals surface area contributed by atoms with Crippen LogP contribution in [0.2, 0.25) is 0 Å². The summed E-state index contributed by atoms with van der Waals surface area (Å²) >= 11 is 0. The van der Waals surface area contributed by atoms with Crippen LogP contribution in [0.3, 0.4) is 0 Å². The number of phenolic OH excluding ortho intramolecular Hbond substituents is 1. The number of aromatic nitrogens is 2. The van der Waals surface area contributed by atoms with Crippen molar-refractivity contribution in [2.24, 2.45) is 0 Å². The minimum absolute atomic E-state index is 0.107. The molecule has 192 valence electrons. The van der Waals surface area contributed by atoms with E-state index < -0.39 is 0 Å². The average Bonchev–Trinajstić information content (AvgIpc) is 3.60. The molecule has 4 aliphatic rings. The predicted octanol–water partition coefficient (Wildman–Crippen LogP) is 4.49. The van der Waals surface area contributed by atoms with Crippen molar-refractivity contribution in [2.45, 2.75) is 57.0 Å². The maximum Gasteiger partial charge on any atom is 0.318 e. The Morgan fingerprint density at radius 2 is 1.73 bits per heavy atom. The summed E-state index contributed by atoms with van der Waals surface area (Å²) in [6.45, 7) is 4.98. The number of nitrogens with zero attached hydrogens (tertiary/aromatic N) is 5. The number of anilines is 2. The van der Waals surface area contributed by atoms with Gasteiger partial charge in [-0.25, -0.2) is 0 Å². The summed E-state index contributed by atoms with van der Waals surface area (Å²) in [6, 6.07) is 11.6. The third kappa shape index (κ3) is 3.81. The summed E-state index contributed by atoms with van der Waals surface area (Å²) in [5, 5.41) is 12.2. The van der Waals surface area contributed by atoms with Gasteiger partial charge in [0.2, 0.25) is 0 Å². The van der Waals surface area contributed by atoms with Crippen molar-refractivity contribution < 1.29 is 14.6 Å². The van der Waals surface area contributed by atoms with E-state index in [1.54, 1.807) is 17.0 Å². The number of phenols is 1. The Morgan fingerprint density at radius 3 is 2.54 bits per heavy atom. The smallest absolute Gasteiger partial charge is 0.318 e. The number of amides is 1. The van der Waals surface area contributed by atoms with Crippen LogP contribution in [0.25, 0.3) is 10.8 Å². The molecule has 8 heteroatoms. The molecule has 0 atom stereocenters. The van der Waals surface area contributed by atoms with Gasteiger partial charge in [0.1, 0.15) is 23.7 Å². The summed E-state index contributed by atoms with van der Waals surface area (Å²) < 4.78 is 6.36. The zero-order chi connectivity index (χ0) is 25.0. The molecule has 1 aromatic heterocycles. The Bertz CT molecular complexity index is 1360. The van der Waals surface area contributed by atoms with Crippen molar-refractivity contribution >= 4 is 28.2 Å². The molecule has 3 aromatic rings. The lowest BCUT2D eigenvalue weighted by atomic mass is 9.95. The van der Waals surface area contributed by atoms with Gasteiger partial charge in [-0.2, -0.15) is 9.97 Å². The number of carbonyl (C=O) groups excluding carboxylic acids is 1. The Balaban J connectivity index is 1.26. The first-order valence-electron chi connectivity index (χ1n) is 13.7. The van der Waals surface area contributed by atoms with Gasteiger partial charge in [-0.1, -0.05) is 24.3 Å². The topological polar surface area (TPSA) is 82.0 Å². The van der Waals surface area contributed by atoms with Gasteiger partial charge < -0.3 is 19.6 Å². The molecule has 0 unspecified atom stereocenters. The fourth-order valence-corrected chi connectivity index (χ4v) is 6.91. The first kappa shape index (κ1) is 22.8. The average molecular weight is 500 g/mol. The van der Waals surface area contributed by atoms with E-state index in [0.717, 1.165) is 62.6 Å². The van der Waals surface area contributed by atoms with E-state index in [1.807, 2.05) is 24.3 Å². The van der Waals surface area contributed by atoms with Crippen molar-refractivity contribution in [2.75, 3.05) is 42.6 Å². The molecule has 1 N–H and O–H groups in total. The van der Waals surface area contributed by atoms with Crippen molar-refractivity contribution in [1.82, 2.24) is 14.9 Å². The highest BCUT2D eigenvalue weighted by molar-refractivity contribution is 6.16. The molecule has 0 aliphatic carbocycles. The molecule has 5 heterocycles. The summed E-state index contributed by atoms with van der Waals surface area (Å²) in [6.07, 6.45) is 8.12. The largest absolute Gasteiger partial charge is 0.508 e. The number of hydrogen-bond donors (Lipinski definition) is 1. The van der Waals surface area contributed by atoms with Crippen LogP contribution in [0.4, 0.5) is 11.5 Å². The van der Waals surface area contributed by atoms with Crippen LogP contribution in [0.1, 0.15) is 61.0 Å². The number of aromatic hydroxyl groups is 1. The number of benzene rings is 2. The van der Waals surface area contributed by atoms with E-state index in [0.29, 0.717) is 41.9 Å². The number of fused-ring (bicyclic) bond motifs is 3. The van der Waals surface area contributed by atoms with Gasteiger partial charge in [0, 0.05) is 24.5 Å². The molecule has 3 fully saturated rings. The molecular formula is C29H33N5O3. The predicted molar refractivity (Wildman–Crippen MR) is 142 cm³/mol. The van der Waals surface area contributed by atoms with Gasteiger partial charge in [-0.3, -0.25) is 9.69 Å². The highest BCUT2D eigenvalue weighted by Crippen LogP contribution is 2.41. The standard InChI is InChI=1S/C29H33N5O3/c35-21-16-20-8-2-3-9-22(20)24(17-21)34-18-23-25(27(34)36)26(32-12-4-1-5-13-32)31-28(30-23)37-19-29-10-6-14-33(29)15-7-11-29/h2-3,8-9,16-17,35H,1,4-7,10-15,18-19H2. The molecule has 2 aromatic carbocycles. The molecule has 7 rings (SSSR count). The van der Waals surface area contributed by atoms with Crippen LogP contribution >= 0.6 is 0 Å². The van der Waals surface area contributed by atoms with E-state index >= 15 is 0 Å². The highest BCUT2D eigenvalue weighted by atomic mass is 16.5. The first-order chi connectivity index (χ1) is 18.1. The van der Waals surface area contributed by atoms with E-state index in [1.165, 1.54) is 19.3 Å². The molecule has 8 nitrogen and oxygen atoms in total. The third-order valence-corrected chi connectivity index (χ3v) is 8.76. The van der Waals surface area contributed by atoms with Crippen LogP contribution in [0.15, 0.2) is 36.4 Å². The second kappa shape index (κ2) is 8.87. The van der Waals surface area contributed by atoms with Gasteiger partial charge in [0.25, 0.3) is 5.91 Å². The van der Waals surface area contributed by atoms with Crippen LogP contribution < -0.4 is 14.5 Å². The fraction of sp³-hybridized carbons (Fsp3) is 0.483. The number of piperidine rings is 1. The van der Waals surface area contributed by atoms with E-state index in [4.69, 9.17) is 14.7 Å². The minimum atomic E-state index is -0.116. The van der Waals surface area contributed by atoms with Gasteiger partial charge in [-0.05, 0) is 69.5 Å². The quantitative estimate of drug-likeness (QED) is 0.554. The maximum atomic E-state index is 13.9. The lowest BCUT2D eigenvalue weighted by Crippen LogP contribution is -2.43. The Labute approximate surface area is 216 Å². The van der Waals surface area contributed by atoms with Gasteiger partial charge in [0.15, 0.2) is 0 Å². The lowest BCUT2D eigenvalue weighted by Gasteiger charge is -2.32. The molecule has 3 saturated heterocycles. The van der Waals surface area contributed by atoms with Crippen LogP contribution in [0, 0.1) is 0 Å². The third-order valence-electron chi connectivity index (χ3n) is 8.76. The summed E-state index contributed by atoms with van der Waals surface area (Å²) in [4.78, 5) is 30.1. The monoisotopic (exact) mass is 499 g/mol. The number of carbonyl (C=O) groups is 1. The van der Waals surface area contributed by atoms with E-state index in [9.17, 15) is 9.90 Å². The molecule has 0 saturated carbocycles. The summed E-state index contributed by atoms with van der Waals surface area (Å²) in [5.41, 5.74) is 2.08. The molecule has 0 spiro atoms. The zero-order valence-electron chi connectivity index (χ0n) is 21.2. The Hall–Kier alpha value is -3.39. The molecule has 1 amide bonds. The van der Waals surface area contributed by atoms with Crippen molar-refractivity contribution in [3.05, 3.63) is 47.7 Å². The Morgan fingerprint density at radius 1 is 0.946 bits per heavy atom. The van der Waals surface area contributed by atoms with Gasteiger partial charge >= 0.3 is 6.01 Å². The van der Waals surface area contributed by atoms with E-state index in [2.05, 4.69) is 9.80 Å². The van der Waals surface area contributed by atoms with Crippen LogP contribution in [0.5, 0.6) is 11.8 Å². The fourth-order valence-electron chi connectivity index (χ4n) is 6.91. The van der Waals surface area contributed by atoms with Gasteiger partial charge in [-0.15, -0.1) is 0 Å². The van der Waals surface area contributed by atoms with Crippen molar-refractivity contribution in [3.8, 4) is 11.8 Å². The number of rotatable bonds is 5. The summed E-state index contributed by atoms with van der Waals surface area (Å²) in [7, 11) is 0. The number of ether oxygens (including phenoxy) is 1. The minimum Gasteiger partial charge on any atom is -0.508 e. The second-order valence-corrected chi connectivity index (χ2v) is 11.0. The molecule has 4 aliphatic heterocycles. The van der Waals surface area contributed by atoms with Crippen molar-refractivity contribution in [1.29, 1.82) is 0 Å². The second-order valence-electron chi connectivity index (χ2n) is 11.0. The van der Waals surface area contributed by atoms with Crippen LogP contribution in [-0.2, 0) is 6.54 Å². The SMILES string of the molecule is O=C1c2c(nc(OCC34CCCN3CCC4)nc2N2CCCCC2)CN1c1cc(O)cc2ccccc12. The van der Waals surface area contributed by atoms with Crippen LogP contribution in [-0.4, -0.2) is 64.2 Å². The molecule has 37 heavy (non-hydrogen) atoms. The molecule has 0 radical (unpaired) electrons. The van der Waals surface area contributed by atoms with Gasteiger partial charge in [0.05, 0.1) is 23.5 Å². The normalized spacial score (nSPS) is 21.0. The molecular weight excluding hydrogens is 466 g/mol. The highest BCUT2D eigenvalue weighted by Gasteiger charge is 2.45. The van der Waals surface area contributed by atoms with Crippen molar-refractivity contribution in [3.63, 3.8) is 0 Å². The lowest BCUT2D eigenvalue weighted by molar-refractivity contribution is 0.0996. The summed E-state index contributed by atoms with van der Waals surface area (Å²) in [5.74, 6) is 0.721. The first-order valence-corrected chi connectivity index (χ1v) is 13.7. The van der Waals surface area contributed by atoms with E-state index in [-0.39, 0.29) is 17.2 Å². The molecule has 0 bridgehead atoms. The maximum absolute atomic E-state index is 13.9. The number of hydrogen-bond acceptors (Lipinski definition) is 7.